The highest BCUT2D eigenvalue weighted by molar-refractivity contribution is 5.29. The number of aromatic nitrogens is 3. The second kappa shape index (κ2) is 5.05. The molecule has 0 atom stereocenters. The highest BCUT2D eigenvalue weighted by Crippen LogP contribution is 2.13. The van der Waals surface area contributed by atoms with Crippen molar-refractivity contribution >= 4 is 0 Å². The summed E-state index contributed by atoms with van der Waals surface area (Å²) in [5.41, 5.74) is 0.596. The summed E-state index contributed by atoms with van der Waals surface area (Å²) in [5, 5.41) is 7.16. The lowest BCUT2D eigenvalue weighted by atomic mass is 10.2. The molecular formula is C12H15FN4. The first-order valence-corrected chi connectivity index (χ1v) is 5.55. The van der Waals surface area contributed by atoms with Crippen molar-refractivity contribution in [2.45, 2.75) is 26.4 Å². The third-order valence-corrected chi connectivity index (χ3v) is 2.37. The van der Waals surface area contributed by atoms with E-state index in [0.29, 0.717) is 18.2 Å². The molecule has 2 rings (SSSR count). The van der Waals surface area contributed by atoms with E-state index in [9.17, 15) is 4.39 Å². The van der Waals surface area contributed by atoms with E-state index in [1.807, 2.05) is 13.8 Å². The van der Waals surface area contributed by atoms with Crippen LogP contribution >= 0.6 is 0 Å². The van der Waals surface area contributed by atoms with E-state index in [1.165, 1.54) is 4.68 Å². The van der Waals surface area contributed by atoms with Crippen LogP contribution in [0.15, 0.2) is 30.7 Å². The van der Waals surface area contributed by atoms with Gasteiger partial charge in [-0.25, -0.2) is 14.1 Å². The van der Waals surface area contributed by atoms with Crippen molar-refractivity contribution < 1.29 is 4.39 Å². The minimum absolute atomic E-state index is 0.234. The molecule has 0 radical (unpaired) electrons. The van der Waals surface area contributed by atoms with Gasteiger partial charge in [-0.2, -0.15) is 5.10 Å². The number of hydrogen-bond acceptors (Lipinski definition) is 3. The van der Waals surface area contributed by atoms with Crippen molar-refractivity contribution in [1.82, 2.24) is 20.1 Å². The maximum absolute atomic E-state index is 14.1. The van der Waals surface area contributed by atoms with Gasteiger partial charge < -0.3 is 5.32 Å². The van der Waals surface area contributed by atoms with E-state index in [4.69, 9.17) is 0 Å². The molecule has 0 aliphatic rings. The summed E-state index contributed by atoms with van der Waals surface area (Å²) < 4.78 is 15.5. The van der Waals surface area contributed by atoms with Gasteiger partial charge in [0.1, 0.15) is 0 Å². The molecule has 1 N–H and O–H groups in total. The van der Waals surface area contributed by atoms with Gasteiger partial charge in [-0.3, -0.25) is 0 Å². The highest BCUT2D eigenvalue weighted by atomic mass is 19.1. The lowest BCUT2D eigenvalue weighted by Gasteiger charge is -2.10. The third kappa shape index (κ3) is 2.68. The van der Waals surface area contributed by atoms with Gasteiger partial charge in [0.2, 0.25) is 0 Å². The van der Waals surface area contributed by atoms with Crippen LogP contribution in [0, 0.1) is 5.82 Å². The summed E-state index contributed by atoms with van der Waals surface area (Å²) in [6, 6.07) is 3.73. The molecule has 0 bridgehead atoms. The molecule has 0 spiro atoms. The molecule has 2 aromatic heterocycles. The van der Waals surface area contributed by atoms with Crippen LogP contribution in [0.5, 0.6) is 0 Å². The van der Waals surface area contributed by atoms with Crippen LogP contribution in [-0.2, 0) is 6.54 Å². The molecule has 2 heterocycles. The Kier molecular flexibility index (Phi) is 3.49. The normalized spacial score (nSPS) is 11.1. The van der Waals surface area contributed by atoms with Crippen LogP contribution in [0.1, 0.15) is 19.4 Å². The summed E-state index contributed by atoms with van der Waals surface area (Å²) in [4.78, 5) is 4.01. The number of nitrogens with zero attached hydrogens (tertiary/aromatic N) is 3. The predicted octanol–water partition coefficient (Wildman–Crippen LogP) is 1.90. The number of hydrogen-bond donors (Lipinski definition) is 1. The first kappa shape index (κ1) is 11.7. The van der Waals surface area contributed by atoms with Gasteiger partial charge in [0.15, 0.2) is 11.6 Å². The van der Waals surface area contributed by atoms with Crippen molar-refractivity contribution in [3.8, 4) is 5.82 Å². The van der Waals surface area contributed by atoms with E-state index in [2.05, 4.69) is 15.4 Å². The maximum Gasteiger partial charge on any atom is 0.189 e. The molecule has 90 valence electrons. The summed E-state index contributed by atoms with van der Waals surface area (Å²) in [6.45, 7) is 4.53. The summed E-state index contributed by atoms with van der Waals surface area (Å²) in [6.07, 6.45) is 4.86. The summed E-state index contributed by atoms with van der Waals surface area (Å²) >= 11 is 0. The zero-order valence-corrected chi connectivity index (χ0v) is 9.89. The van der Waals surface area contributed by atoms with Gasteiger partial charge in [0.05, 0.1) is 0 Å². The Morgan fingerprint density at radius 1 is 1.41 bits per heavy atom. The summed E-state index contributed by atoms with van der Waals surface area (Å²) in [5.74, 6) is -0.0950. The van der Waals surface area contributed by atoms with Gasteiger partial charge >= 0.3 is 0 Å². The van der Waals surface area contributed by atoms with E-state index in [0.717, 1.165) is 0 Å². The van der Waals surface area contributed by atoms with Gasteiger partial charge in [-0.1, -0.05) is 13.8 Å². The van der Waals surface area contributed by atoms with E-state index in [1.54, 1.807) is 30.7 Å². The van der Waals surface area contributed by atoms with Crippen molar-refractivity contribution in [1.29, 1.82) is 0 Å². The van der Waals surface area contributed by atoms with Crippen LogP contribution in [0.4, 0.5) is 4.39 Å². The maximum atomic E-state index is 14.1. The predicted molar refractivity (Wildman–Crippen MR) is 63.3 cm³/mol. The minimum Gasteiger partial charge on any atom is -0.310 e. The van der Waals surface area contributed by atoms with Gasteiger partial charge in [-0.05, 0) is 12.1 Å². The molecule has 0 unspecified atom stereocenters. The Bertz CT molecular complexity index is 479. The zero-order valence-electron chi connectivity index (χ0n) is 9.89. The lowest BCUT2D eigenvalue weighted by Crippen LogP contribution is -2.23. The fourth-order valence-corrected chi connectivity index (χ4v) is 1.48. The summed E-state index contributed by atoms with van der Waals surface area (Å²) in [7, 11) is 0. The van der Waals surface area contributed by atoms with Crippen molar-refractivity contribution in [2.75, 3.05) is 0 Å². The average Bonchev–Trinajstić information content (AvgIpc) is 2.81. The van der Waals surface area contributed by atoms with Crippen LogP contribution in [0.2, 0.25) is 0 Å². The smallest absolute Gasteiger partial charge is 0.189 e. The van der Waals surface area contributed by atoms with Gasteiger partial charge in [0.25, 0.3) is 0 Å². The molecule has 0 fully saturated rings. The van der Waals surface area contributed by atoms with E-state index in [-0.39, 0.29) is 11.6 Å². The first-order chi connectivity index (χ1) is 8.18. The Hall–Kier alpha value is -1.75. The molecule has 0 saturated carbocycles. The largest absolute Gasteiger partial charge is 0.310 e. The molecule has 4 nitrogen and oxygen atoms in total. The molecule has 0 aliphatic heterocycles. The van der Waals surface area contributed by atoms with Crippen molar-refractivity contribution in [3.05, 3.63) is 42.1 Å². The number of nitrogens with one attached hydrogen (secondary N) is 1. The molecule has 0 aromatic carbocycles. The quantitative estimate of drug-likeness (QED) is 0.878. The van der Waals surface area contributed by atoms with Crippen LogP contribution in [-0.4, -0.2) is 20.8 Å². The van der Waals surface area contributed by atoms with Crippen molar-refractivity contribution in [2.24, 2.45) is 0 Å². The zero-order chi connectivity index (χ0) is 12.3. The molecule has 5 heteroatoms. The monoisotopic (exact) mass is 234 g/mol. The molecule has 0 aliphatic carbocycles. The van der Waals surface area contributed by atoms with Gasteiger partial charge in [-0.15, -0.1) is 0 Å². The lowest BCUT2D eigenvalue weighted by molar-refractivity contribution is 0.542. The molecule has 0 saturated heterocycles. The first-order valence-electron chi connectivity index (χ1n) is 5.55. The second-order valence-corrected chi connectivity index (χ2v) is 4.09. The Balaban J connectivity index is 2.27. The molecule has 2 aromatic rings. The molecule has 0 amide bonds. The van der Waals surface area contributed by atoms with Crippen LogP contribution in [0.3, 0.4) is 0 Å². The number of rotatable bonds is 4. The topological polar surface area (TPSA) is 42.7 Å². The minimum atomic E-state index is -0.329. The van der Waals surface area contributed by atoms with E-state index < -0.39 is 0 Å². The number of halogens is 1. The third-order valence-electron chi connectivity index (χ3n) is 2.37. The second-order valence-electron chi connectivity index (χ2n) is 4.09. The highest BCUT2D eigenvalue weighted by Gasteiger charge is 2.11. The van der Waals surface area contributed by atoms with Crippen LogP contribution in [0.25, 0.3) is 5.82 Å². The Morgan fingerprint density at radius 2 is 2.24 bits per heavy atom. The van der Waals surface area contributed by atoms with Crippen molar-refractivity contribution in [3.63, 3.8) is 0 Å². The number of pyridine rings is 1. The Morgan fingerprint density at radius 3 is 2.88 bits per heavy atom. The molecular weight excluding hydrogens is 219 g/mol. The van der Waals surface area contributed by atoms with Crippen LogP contribution < -0.4 is 5.32 Å². The standard InChI is InChI=1S/C12H15FN4/c1-9(2)15-8-10-4-6-14-12(11(10)13)17-7-3-5-16-17/h3-7,9,15H,8H2,1-2H3. The van der Waals surface area contributed by atoms with E-state index >= 15 is 0 Å². The molecule has 17 heavy (non-hydrogen) atoms. The SMILES string of the molecule is CC(C)NCc1ccnc(-n2cccn2)c1F. The Labute approximate surface area is 99.5 Å². The fourth-order valence-electron chi connectivity index (χ4n) is 1.48. The van der Waals surface area contributed by atoms with Gasteiger partial charge in [0, 0.05) is 36.7 Å². The fraction of sp³-hybridized carbons (Fsp3) is 0.333. The average molecular weight is 234 g/mol.